The number of carbonyl (C=O) groups is 1. The molecule has 0 fully saturated rings. The second-order valence-electron chi connectivity index (χ2n) is 3.23. The van der Waals surface area contributed by atoms with Crippen molar-refractivity contribution in [3.8, 4) is 0 Å². The highest BCUT2D eigenvalue weighted by molar-refractivity contribution is 5.75. The fourth-order valence-electron chi connectivity index (χ4n) is 1.23. The Bertz CT molecular complexity index is 322. The molecule has 15 heavy (non-hydrogen) atoms. The van der Waals surface area contributed by atoms with Crippen LogP contribution in [0.2, 0.25) is 0 Å². The summed E-state index contributed by atoms with van der Waals surface area (Å²) in [5.41, 5.74) is 0. The highest BCUT2D eigenvalue weighted by Crippen LogP contribution is 2.02. The normalized spacial score (nSPS) is 12.5. The number of nitrogens with zero attached hydrogens (tertiary/aromatic N) is 1. The van der Waals surface area contributed by atoms with Gasteiger partial charge in [0, 0.05) is 0 Å². The number of ether oxygens (including phenoxy) is 1. The molecule has 0 saturated carbocycles. The predicted molar refractivity (Wildman–Crippen MR) is 54.2 cm³/mol. The average Bonchev–Trinajstić information content (AvgIpc) is 2.64. The van der Waals surface area contributed by atoms with Crippen LogP contribution >= 0.6 is 0 Å². The fraction of sp³-hybridized carbons (Fsp3) is 0.600. The minimum Gasteiger partial charge on any atom is -0.468 e. The molecule has 0 aliphatic heterocycles. The number of carbonyl (C=O) groups excluding carboxylic acids is 1. The van der Waals surface area contributed by atoms with Crippen molar-refractivity contribution in [3.63, 3.8) is 0 Å². The predicted octanol–water partition coefficient (Wildman–Crippen LogP) is 1.02. The Morgan fingerprint density at radius 3 is 2.93 bits per heavy atom. The van der Waals surface area contributed by atoms with Gasteiger partial charge in [0.05, 0.1) is 19.9 Å². The van der Waals surface area contributed by atoms with Crippen molar-refractivity contribution in [2.75, 3.05) is 7.11 Å². The van der Waals surface area contributed by atoms with Gasteiger partial charge < -0.3 is 9.15 Å². The zero-order chi connectivity index (χ0) is 11.3. The molecule has 0 spiro atoms. The Hall–Kier alpha value is -1.36. The van der Waals surface area contributed by atoms with Gasteiger partial charge in [0.2, 0.25) is 5.89 Å². The summed E-state index contributed by atoms with van der Waals surface area (Å²) in [6.45, 7) is 4.17. The van der Waals surface area contributed by atoms with E-state index in [2.05, 4.69) is 15.0 Å². The molecule has 5 heteroatoms. The van der Waals surface area contributed by atoms with E-state index in [9.17, 15) is 4.79 Å². The standard InChI is InChI=1S/C10H16N2O3/c1-4-8(10(13)14-3)11-6-9-12-5-7(2)15-9/h5,8,11H,4,6H2,1-3H3. The third-order valence-corrected chi connectivity index (χ3v) is 2.06. The van der Waals surface area contributed by atoms with Gasteiger partial charge in [0.1, 0.15) is 11.8 Å². The second kappa shape index (κ2) is 5.50. The molecule has 0 aliphatic rings. The number of methoxy groups -OCH3 is 1. The SMILES string of the molecule is CCC(NCc1ncc(C)o1)C(=O)OC. The van der Waals surface area contributed by atoms with E-state index in [1.54, 1.807) is 6.20 Å². The molecule has 1 atom stereocenters. The Morgan fingerprint density at radius 1 is 1.73 bits per heavy atom. The molecule has 0 bridgehead atoms. The first-order chi connectivity index (χ1) is 7.17. The van der Waals surface area contributed by atoms with Crippen LogP contribution in [0, 0.1) is 6.92 Å². The molecule has 84 valence electrons. The topological polar surface area (TPSA) is 64.4 Å². The van der Waals surface area contributed by atoms with Crippen LogP contribution in [0.3, 0.4) is 0 Å². The van der Waals surface area contributed by atoms with Crippen molar-refractivity contribution in [1.29, 1.82) is 0 Å². The van der Waals surface area contributed by atoms with E-state index >= 15 is 0 Å². The summed E-state index contributed by atoms with van der Waals surface area (Å²) in [6, 6.07) is -0.304. The van der Waals surface area contributed by atoms with E-state index in [1.807, 2.05) is 13.8 Å². The van der Waals surface area contributed by atoms with Crippen LogP contribution in [-0.4, -0.2) is 24.1 Å². The third-order valence-electron chi connectivity index (χ3n) is 2.06. The zero-order valence-electron chi connectivity index (χ0n) is 9.24. The lowest BCUT2D eigenvalue weighted by Crippen LogP contribution is -2.36. The van der Waals surface area contributed by atoms with Crippen molar-refractivity contribution < 1.29 is 13.9 Å². The Morgan fingerprint density at radius 2 is 2.47 bits per heavy atom. The fourth-order valence-corrected chi connectivity index (χ4v) is 1.23. The molecule has 0 amide bonds. The molecule has 0 aliphatic carbocycles. The minimum absolute atomic E-state index is 0.263. The lowest BCUT2D eigenvalue weighted by atomic mass is 10.2. The number of rotatable bonds is 5. The molecule has 1 aromatic rings. The zero-order valence-corrected chi connectivity index (χ0v) is 9.24. The van der Waals surface area contributed by atoms with Crippen LogP contribution in [0.4, 0.5) is 0 Å². The third kappa shape index (κ3) is 3.36. The molecule has 1 rings (SSSR count). The first-order valence-corrected chi connectivity index (χ1v) is 4.90. The van der Waals surface area contributed by atoms with Crippen molar-refractivity contribution in [1.82, 2.24) is 10.3 Å². The lowest BCUT2D eigenvalue weighted by molar-refractivity contribution is -0.143. The molecule has 5 nitrogen and oxygen atoms in total. The Balaban J connectivity index is 2.44. The number of oxazole rings is 1. The molecule has 0 aromatic carbocycles. The monoisotopic (exact) mass is 212 g/mol. The van der Waals surface area contributed by atoms with Crippen LogP contribution in [0.15, 0.2) is 10.6 Å². The van der Waals surface area contributed by atoms with E-state index in [0.717, 1.165) is 5.76 Å². The molecule has 1 heterocycles. The smallest absolute Gasteiger partial charge is 0.322 e. The minimum atomic E-state index is -0.304. The lowest BCUT2D eigenvalue weighted by Gasteiger charge is -2.12. The van der Waals surface area contributed by atoms with E-state index in [-0.39, 0.29) is 12.0 Å². The maximum absolute atomic E-state index is 11.2. The highest BCUT2D eigenvalue weighted by Gasteiger charge is 2.16. The summed E-state index contributed by atoms with van der Waals surface area (Å²) >= 11 is 0. The van der Waals surface area contributed by atoms with Gasteiger partial charge in [-0.3, -0.25) is 10.1 Å². The van der Waals surface area contributed by atoms with Crippen LogP contribution in [0.1, 0.15) is 25.0 Å². The maximum atomic E-state index is 11.2. The van der Waals surface area contributed by atoms with Gasteiger partial charge in [0.15, 0.2) is 0 Å². The molecule has 0 radical (unpaired) electrons. The largest absolute Gasteiger partial charge is 0.468 e. The number of hydrogen-bond donors (Lipinski definition) is 1. The van der Waals surface area contributed by atoms with Gasteiger partial charge in [-0.2, -0.15) is 0 Å². The van der Waals surface area contributed by atoms with Crippen molar-refractivity contribution in [3.05, 3.63) is 17.8 Å². The summed E-state index contributed by atoms with van der Waals surface area (Å²) < 4.78 is 9.91. The van der Waals surface area contributed by atoms with Gasteiger partial charge >= 0.3 is 5.97 Å². The van der Waals surface area contributed by atoms with Gasteiger partial charge in [0.25, 0.3) is 0 Å². The van der Waals surface area contributed by atoms with Gasteiger partial charge in [-0.15, -0.1) is 0 Å². The first kappa shape index (κ1) is 11.7. The van der Waals surface area contributed by atoms with E-state index in [4.69, 9.17) is 4.42 Å². The van der Waals surface area contributed by atoms with E-state index < -0.39 is 0 Å². The molecule has 0 saturated heterocycles. The quantitative estimate of drug-likeness (QED) is 0.738. The van der Waals surface area contributed by atoms with E-state index in [1.165, 1.54) is 7.11 Å². The van der Waals surface area contributed by atoms with Crippen LogP contribution < -0.4 is 5.32 Å². The highest BCUT2D eigenvalue weighted by atomic mass is 16.5. The number of nitrogens with one attached hydrogen (secondary N) is 1. The van der Waals surface area contributed by atoms with Gasteiger partial charge in [-0.25, -0.2) is 4.98 Å². The Labute approximate surface area is 88.8 Å². The molecular weight excluding hydrogens is 196 g/mol. The van der Waals surface area contributed by atoms with Crippen molar-refractivity contribution in [2.24, 2.45) is 0 Å². The average molecular weight is 212 g/mol. The number of esters is 1. The summed E-state index contributed by atoms with van der Waals surface area (Å²) in [7, 11) is 1.38. The van der Waals surface area contributed by atoms with Crippen LogP contribution in [0.5, 0.6) is 0 Å². The number of hydrogen-bond acceptors (Lipinski definition) is 5. The van der Waals surface area contributed by atoms with Gasteiger partial charge in [-0.05, 0) is 13.3 Å². The summed E-state index contributed by atoms with van der Waals surface area (Å²) in [5, 5.41) is 3.02. The molecule has 1 aromatic heterocycles. The van der Waals surface area contributed by atoms with Crippen LogP contribution in [0.25, 0.3) is 0 Å². The van der Waals surface area contributed by atoms with Crippen molar-refractivity contribution >= 4 is 5.97 Å². The van der Waals surface area contributed by atoms with Crippen molar-refractivity contribution in [2.45, 2.75) is 32.9 Å². The maximum Gasteiger partial charge on any atom is 0.322 e. The van der Waals surface area contributed by atoms with Gasteiger partial charge in [-0.1, -0.05) is 6.92 Å². The molecule has 1 unspecified atom stereocenters. The second-order valence-corrected chi connectivity index (χ2v) is 3.23. The first-order valence-electron chi connectivity index (χ1n) is 4.90. The Kier molecular flexibility index (Phi) is 4.30. The number of aromatic nitrogens is 1. The summed E-state index contributed by atoms with van der Waals surface area (Å²) in [6.07, 6.45) is 2.32. The van der Waals surface area contributed by atoms with E-state index in [0.29, 0.717) is 18.9 Å². The van der Waals surface area contributed by atoms with Crippen LogP contribution in [-0.2, 0) is 16.1 Å². The number of aryl methyl sites for hydroxylation is 1. The molecular formula is C10H16N2O3. The molecule has 1 N–H and O–H groups in total. The summed E-state index contributed by atoms with van der Waals surface area (Å²) in [4.78, 5) is 15.3. The summed E-state index contributed by atoms with van der Waals surface area (Å²) in [5.74, 6) is 1.08.